The van der Waals surface area contributed by atoms with Crippen molar-refractivity contribution in [3.63, 3.8) is 0 Å². The third kappa shape index (κ3) is 3.48. The third-order valence-corrected chi connectivity index (χ3v) is 11.5. The zero-order valence-electron chi connectivity index (χ0n) is 12.6. The van der Waals surface area contributed by atoms with E-state index in [0.717, 1.165) is 14.3 Å². The minimum absolute atomic E-state index is 0.557. The fourth-order valence-corrected chi connectivity index (χ4v) is 9.07. The Morgan fingerprint density at radius 3 is 1.89 bits per heavy atom. The summed E-state index contributed by atoms with van der Waals surface area (Å²) in [5.74, 6) is 0.858. The van der Waals surface area contributed by atoms with Crippen molar-refractivity contribution in [3.8, 4) is 5.75 Å². The molecule has 108 valence electrons. The maximum Gasteiger partial charge on any atom is 0.258 e. The Balaban J connectivity index is 3.25. The zero-order chi connectivity index (χ0) is 14.8. The molecule has 0 fully saturated rings. The molecule has 1 nitrogen and oxygen atoms in total. The maximum absolute atomic E-state index is 6.60. The summed E-state index contributed by atoms with van der Waals surface area (Å²) in [5, 5.41) is 0.752. The number of halogens is 2. The molecule has 4 heteroatoms. The van der Waals surface area contributed by atoms with Gasteiger partial charge in [0.15, 0.2) is 0 Å². The van der Waals surface area contributed by atoms with E-state index in [4.69, 9.17) is 16.0 Å². The van der Waals surface area contributed by atoms with Crippen molar-refractivity contribution < 1.29 is 4.43 Å². The predicted molar refractivity (Wildman–Crippen MR) is 95.8 cm³/mol. The summed E-state index contributed by atoms with van der Waals surface area (Å²) in [4.78, 5) is 0. The first-order chi connectivity index (χ1) is 8.73. The molecule has 0 spiro atoms. The van der Waals surface area contributed by atoms with Crippen LogP contribution in [0.25, 0.3) is 0 Å². The van der Waals surface area contributed by atoms with Gasteiger partial charge in [0, 0.05) is 3.57 Å². The van der Waals surface area contributed by atoms with Crippen LogP contribution in [-0.2, 0) is 0 Å². The molecular formula is C15H24ClIOSi. The highest BCUT2D eigenvalue weighted by Crippen LogP contribution is 2.44. The smallest absolute Gasteiger partial charge is 0.258 e. The quantitative estimate of drug-likeness (QED) is 0.397. The van der Waals surface area contributed by atoms with Gasteiger partial charge in [0.05, 0.1) is 5.02 Å². The van der Waals surface area contributed by atoms with Crippen LogP contribution in [0.2, 0.25) is 21.6 Å². The molecule has 0 aliphatic heterocycles. The largest absolute Gasteiger partial charge is 0.542 e. The fraction of sp³-hybridized carbons (Fsp3) is 0.600. The lowest BCUT2D eigenvalue weighted by Crippen LogP contribution is -2.50. The standard InChI is InChI=1S/C15H24ClIOSi/c1-10(2)19(11(3)4,12(5)6)18-14-9-7-8-13(17)15(14)16/h7-12H,1-6H3. The third-order valence-electron chi connectivity index (χ3n) is 3.91. The summed E-state index contributed by atoms with van der Waals surface area (Å²) >= 11 is 8.66. The first-order valence-corrected chi connectivity index (χ1v) is 10.5. The summed E-state index contributed by atoms with van der Waals surface area (Å²) in [6, 6.07) is 6.03. The molecular weight excluding hydrogens is 387 g/mol. The first-order valence-electron chi connectivity index (χ1n) is 6.86. The summed E-state index contributed by atoms with van der Waals surface area (Å²) in [5.41, 5.74) is 1.67. The molecule has 0 aromatic heterocycles. The van der Waals surface area contributed by atoms with Crippen molar-refractivity contribution in [2.45, 2.75) is 58.2 Å². The molecule has 0 heterocycles. The number of benzene rings is 1. The number of hydrogen-bond acceptors (Lipinski definition) is 1. The van der Waals surface area contributed by atoms with Crippen molar-refractivity contribution in [1.29, 1.82) is 0 Å². The molecule has 0 amide bonds. The lowest BCUT2D eigenvalue weighted by Gasteiger charge is -2.42. The predicted octanol–water partition coefficient (Wildman–Crippen LogP) is 6.50. The minimum Gasteiger partial charge on any atom is -0.542 e. The van der Waals surface area contributed by atoms with E-state index in [2.05, 4.69) is 64.1 Å². The van der Waals surface area contributed by atoms with E-state index in [1.54, 1.807) is 0 Å². The Bertz CT molecular complexity index is 410. The average molecular weight is 411 g/mol. The van der Waals surface area contributed by atoms with E-state index in [1.807, 2.05) is 18.2 Å². The van der Waals surface area contributed by atoms with Crippen LogP contribution >= 0.6 is 34.2 Å². The van der Waals surface area contributed by atoms with Crippen molar-refractivity contribution in [2.75, 3.05) is 0 Å². The molecule has 19 heavy (non-hydrogen) atoms. The number of hydrogen-bond donors (Lipinski definition) is 0. The van der Waals surface area contributed by atoms with E-state index in [0.29, 0.717) is 16.6 Å². The van der Waals surface area contributed by atoms with Gasteiger partial charge >= 0.3 is 0 Å². The minimum atomic E-state index is -1.91. The fourth-order valence-electron chi connectivity index (χ4n) is 3.11. The van der Waals surface area contributed by atoms with Crippen molar-refractivity contribution in [2.24, 2.45) is 0 Å². The second kappa shape index (κ2) is 6.81. The van der Waals surface area contributed by atoms with Crippen molar-refractivity contribution in [3.05, 3.63) is 26.8 Å². The van der Waals surface area contributed by atoms with Crippen LogP contribution in [-0.4, -0.2) is 8.32 Å². The van der Waals surface area contributed by atoms with E-state index in [1.165, 1.54) is 0 Å². The van der Waals surface area contributed by atoms with Crippen LogP contribution in [0.15, 0.2) is 18.2 Å². The molecule has 0 unspecified atom stereocenters. The SMILES string of the molecule is CC(C)[Si](Oc1cccc(I)c1Cl)(C(C)C)C(C)C. The Hall–Kier alpha value is 0.257. The molecule has 0 saturated carbocycles. The second-order valence-corrected chi connectivity index (χ2v) is 12.9. The van der Waals surface area contributed by atoms with E-state index >= 15 is 0 Å². The Kier molecular flexibility index (Phi) is 6.20. The summed E-state index contributed by atoms with van der Waals surface area (Å²) in [6.45, 7) is 13.7. The first kappa shape index (κ1) is 17.3. The van der Waals surface area contributed by atoms with Crippen LogP contribution in [0.1, 0.15) is 41.5 Å². The highest BCUT2D eigenvalue weighted by molar-refractivity contribution is 14.1. The molecule has 1 rings (SSSR count). The van der Waals surface area contributed by atoms with Gasteiger partial charge in [-0.15, -0.1) is 0 Å². The van der Waals surface area contributed by atoms with Gasteiger partial charge in [-0.05, 0) is 51.3 Å². The van der Waals surface area contributed by atoms with Gasteiger partial charge in [0.2, 0.25) is 0 Å². The molecule has 0 atom stereocenters. The summed E-state index contributed by atoms with van der Waals surface area (Å²) in [7, 11) is -1.91. The van der Waals surface area contributed by atoms with Gasteiger partial charge in [-0.3, -0.25) is 0 Å². The van der Waals surface area contributed by atoms with Crippen LogP contribution < -0.4 is 4.43 Å². The van der Waals surface area contributed by atoms with Gasteiger partial charge in [0.25, 0.3) is 8.32 Å². The van der Waals surface area contributed by atoms with Gasteiger partial charge in [-0.2, -0.15) is 0 Å². The highest BCUT2D eigenvalue weighted by atomic mass is 127. The maximum atomic E-state index is 6.60. The van der Waals surface area contributed by atoms with Crippen LogP contribution in [0.3, 0.4) is 0 Å². The van der Waals surface area contributed by atoms with E-state index in [9.17, 15) is 0 Å². The molecule has 0 radical (unpaired) electrons. The summed E-state index contributed by atoms with van der Waals surface area (Å²) in [6.07, 6.45) is 0. The van der Waals surface area contributed by atoms with Crippen LogP contribution in [0.5, 0.6) is 5.75 Å². The summed E-state index contributed by atoms with van der Waals surface area (Å²) < 4.78 is 7.65. The Morgan fingerprint density at radius 2 is 1.47 bits per heavy atom. The Morgan fingerprint density at radius 1 is 1.00 bits per heavy atom. The molecule has 0 bridgehead atoms. The monoisotopic (exact) mass is 410 g/mol. The van der Waals surface area contributed by atoms with Gasteiger partial charge in [0.1, 0.15) is 5.75 Å². The van der Waals surface area contributed by atoms with E-state index in [-0.39, 0.29) is 0 Å². The molecule has 1 aromatic carbocycles. The van der Waals surface area contributed by atoms with Crippen LogP contribution in [0, 0.1) is 3.57 Å². The highest BCUT2D eigenvalue weighted by Gasteiger charge is 2.47. The molecule has 0 aliphatic rings. The zero-order valence-corrected chi connectivity index (χ0v) is 16.5. The van der Waals surface area contributed by atoms with E-state index < -0.39 is 8.32 Å². The average Bonchev–Trinajstić information content (AvgIpc) is 2.29. The van der Waals surface area contributed by atoms with Crippen LogP contribution in [0.4, 0.5) is 0 Å². The molecule has 0 saturated heterocycles. The van der Waals surface area contributed by atoms with Gasteiger partial charge in [-0.1, -0.05) is 59.2 Å². The van der Waals surface area contributed by atoms with Crippen molar-refractivity contribution >= 4 is 42.5 Å². The topological polar surface area (TPSA) is 9.23 Å². The second-order valence-electron chi connectivity index (χ2n) is 5.97. The van der Waals surface area contributed by atoms with Gasteiger partial charge in [-0.25, -0.2) is 0 Å². The lowest BCUT2D eigenvalue weighted by molar-refractivity contribution is 0.479. The molecule has 0 aliphatic carbocycles. The molecule has 1 aromatic rings. The lowest BCUT2D eigenvalue weighted by atomic mass is 10.3. The molecule has 0 N–H and O–H groups in total. The van der Waals surface area contributed by atoms with Crippen molar-refractivity contribution in [1.82, 2.24) is 0 Å². The Labute approximate surface area is 137 Å². The normalized spacial score (nSPS) is 12.6. The number of rotatable bonds is 5. The van der Waals surface area contributed by atoms with Gasteiger partial charge < -0.3 is 4.43 Å².